The van der Waals surface area contributed by atoms with E-state index in [0.29, 0.717) is 18.4 Å². The molecule has 0 radical (unpaired) electrons. The van der Waals surface area contributed by atoms with E-state index in [0.717, 1.165) is 25.7 Å². The van der Waals surface area contributed by atoms with Crippen molar-refractivity contribution in [3.05, 3.63) is 0 Å². The van der Waals surface area contributed by atoms with Gasteiger partial charge in [0, 0.05) is 0 Å². The molecule has 2 N–H and O–H groups in total. The number of carbonyl (C=O) groups excluding carboxylic acids is 1. The van der Waals surface area contributed by atoms with E-state index in [9.17, 15) is 4.79 Å². The molecular weight excluding hydrogens is 214 g/mol. The third-order valence-electron chi connectivity index (χ3n) is 3.86. The van der Waals surface area contributed by atoms with Crippen LogP contribution in [-0.2, 0) is 9.53 Å². The SMILES string of the molecule is CCCCC(CC)COC(=O)C(C)(N)C1CC1. The zero-order valence-corrected chi connectivity index (χ0v) is 11.5. The van der Waals surface area contributed by atoms with Gasteiger partial charge in [-0.25, -0.2) is 0 Å². The van der Waals surface area contributed by atoms with Crippen molar-refractivity contribution in [2.75, 3.05) is 6.61 Å². The molecule has 2 unspecified atom stereocenters. The lowest BCUT2D eigenvalue weighted by Crippen LogP contribution is -2.48. The van der Waals surface area contributed by atoms with E-state index in [4.69, 9.17) is 10.5 Å². The highest BCUT2D eigenvalue weighted by molar-refractivity contribution is 5.81. The number of rotatable bonds is 8. The van der Waals surface area contributed by atoms with Gasteiger partial charge >= 0.3 is 5.97 Å². The number of carbonyl (C=O) groups is 1. The molecule has 3 nitrogen and oxygen atoms in total. The number of hydrogen-bond acceptors (Lipinski definition) is 3. The Hall–Kier alpha value is -0.570. The Labute approximate surface area is 105 Å². The minimum Gasteiger partial charge on any atom is -0.464 e. The summed E-state index contributed by atoms with van der Waals surface area (Å²) < 4.78 is 5.39. The normalized spacial score (nSPS) is 20.7. The molecule has 0 aromatic rings. The van der Waals surface area contributed by atoms with E-state index >= 15 is 0 Å². The molecule has 3 heteroatoms. The number of hydrogen-bond donors (Lipinski definition) is 1. The first-order chi connectivity index (χ1) is 8.02. The molecule has 0 amide bonds. The van der Waals surface area contributed by atoms with E-state index in [1.54, 1.807) is 6.92 Å². The van der Waals surface area contributed by atoms with Crippen molar-refractivity contribution in [3.63, 3.8) is 0 Å². The van der Waals surface area contributed by atoms with Crippen molar-refractivity contribution in [2.45, 2.75) is 64.8 Å². The summed E-state index contributed by atoms with van der Waals surface area (Å²) in [7, 11) is 0. The van der Waals surface area contributed by atoms with Crippen LogP contribution in [0.5, 0.6) is 0 Å². The fourth-order valence-electron chi connectivity index (χ4n) is 2.10. The number of esters is 1. The van der Waals surface area contributed by atoms with Crippen LogP contribution in [0.25, 0.3) is 0 Å². The highest BCUT2D eigenvalue weighted by Gasteiger charge is 2.45. The molecule has 1 saturated carbocycles. The molecule has 17 heavy (non-hydrogen) atoms. The van der Waals surface area contributed by atoms with E-state index in [1.165, 1.54) is 12.8 Å². The first-order valence-electron chi connectivity index (χ1n) is 6.98. The minimum absolute atomic E-state index is 0.213. The summed E-state index contributed by atoms with van der Waals surface area (Å²) in [5, 5.41) is 0. The van der Waals surface area contributed by atoms with Gasteiger partial charge in [0.2, 0.25) is 0 Å². The first kappa shape index (κ1) is 14.5. The topological polar surface area (TPSA) is 52.3 Å². The molecule has 0 bridgehead atoms. The Balaban J connectivity index is 2.30. The maximum absolute atomic E-state index is 11.9. The fraction of sp³-hybridized carbons (Fsp3) is 0.929. The van der Waals surface area contributed by atoms with Crippen LogP contribution in [0.4, 0.5) is 0 Å². The van der Waals surface area contributed by atoms with Crippen LogP contribution in [0.15, 0.2) is 0 Å². The number of unbranched alkanes of at least 4 members (excludes halogenated alkanes) is 1. The van der Waals surface area contributed by atoms with Gasteiger partial charge in [-0.3, -0.25) is 4.79 Å². The average molecular weight is 241 g/mol. The van der Waals surface area contributed by atoms with Gasteiger partial charge in [-0.15, -0.1) is 0 Å². The standard InChI is InChI=1S/C14H27NO2/c1-4-6-7-11(5-2)10-17-13(16)14(3,15)12-8-9-12/h11-12H,4-10,15H2,1-3H3. The van der Waals surface area contributed by atoms with E-state index < -0.39 is 5.54 Å². The van der Waals surface area contributed by atoms with Gasteiger partial charge in [0.1, 0.15) is 5.54 Å². The quantitative estimate of drug-likeness (QED) is 0.665. The molecule has 0 aliphatic heterocycles. The summed E-state index contributed by atoms with van der Waals surface area (Å²) in [6.45, 7) is 6.67. The van der Waals surface area contributed by atoms with E-state index in [1.807, 2.05) is 0 Å². The van der Waals surface area contributed by atoms with Gasteiger partial charge in [-0.2, -0.15) is 0 Å². The lowest BCUT2D eigenvalue weighted by atomic mass is 9.97. The Morgan fingerprint density at radius 3 is 2.59 bits per heavy atom. The van der Waals surface area contributed by atoms with E-state index in [2.05, 4.69) is 13.8 Å². The third-order valence-corrected chi connectivity index (χ3v) is 3.86. The van der Waals surface area contributed by atoms with Crippen molar-refractivity contribution < 1.29 is 9.53 Å². The first-order valence-corrected chi connectivity index (χ1v) is 6.98. The maximum Gasteiger partial charge on any atom is 0.326 e. The van der Waals surface area contributed by atoms with Crippen LogP contribution in [0, 0.1) is 11.8 Å². The van der Waals surface area contributed by atoms with Crippen LogP contribution < -0.4 is 5.73 Å². The summed E-state index contributed by atoms with van der Waals surface area (Å²) in [6.07, 6.45) is 6.74. The van der Waals surface area contributed by atoms with Crippen LogP contribution in [0.2, 0.25) is 0 Å². The second-order valence-corrected chi connectivity index (χ2v) is 5.57. The van der Waals surface area contributed by atoms with Crippen molar-refractivity contribution in [2.24, 2.45) is 17.6 Å². The predicted octanol–water partition coefficient (Wildman–Crippen LogP) is 2.87. The molecule has 0 aromatic heterocycles. The second-order valence-electron chi connectivity index (χ2n) is 5.57. The zero-order chi connectivity index (χ0) is 12.9. The molecule has 1 aliphatic carbocycles. The van der Waals surface area contributed by atoms with Gasteiger partial charge in [-0.05, 0) is 38.0 Å². The Morgan fingerprint density at radius 1 is 1.47 bits per heavy atom. The third kappa shape index (κ3) is 4.30. The summed E-state index contributed by atoms with van der Waals surface area (Å²) in [5.74, 6) is 0.620. The van der Waals surface area contributed by atoms with Crippen molar-refractivity contribution >= 4 is 5.97 Å². The van der Waals surface area contributed by atoms with Crippen molar-refractivity contribution in [3.8, 4) is 0 Å². The van der Waals surface area contributed by atoms with Crippen LogP contribution in [0.1, 0.15) is 59.3 Å². The average Bonchev–Trinajstić information content (AvgIpc) is 3.13. The molecular formula is C14H27NO2. The highest BCUT2D eigenvalue weighted by atomic mass is 16.5. The number of ether oxygens (including phenoxy) is 1. The predicted molar refractivity (Wildman–Crippen MR) is 69.6 cm³/mol. The molecule has 1 fully saturated rings. The summed E-state index contributed by atoms with van der Waals surface area (Å²) in [4.78, 5) is 11.9. The molecule has 1 aliphatic rings. The smallest absolute Gasteiger partial charge is 0.326 e. The van der Waals surface area contributed by atoms with Gasteiger partial charge in [-0.1, -0.05) is 33.1 Å². The highest BCUT2D eigenvalue weighted by Crippen LogP contribution is 2.38. The summed E-state index contributed by atoms with van der Waals surface area (Å²) in [6, 6.07) is 0. The molecule has 100 valence electrons. The van der Waals surface area contributed by atoms with Crippen molar-refractivity contribution in [1.82, 2.24) is 0 Å². The minimum atomic E-state index is -0.761. The van der Waals surface area contributed by atoms with E-state index in [-0.39, 0.29) is 5.97 Å². The van der Waals surface area contributed by atoms with Gasteiger partial charge in [0.25, 0.3) is 0 Å². The molecule has 0 spiro atoms. The van der Waals surface area contributed by atoms with Gasteiger partial charge in [0.05, 0.1) is 6.61 Å². The second kappa shape index (κ2) is 6.39. The van der Waals surface area contributed by atoms with Crippen LogP contribution in [-0.4, -0.2) is 18.1 Å². The summed E-state index contributed by atoms with van der Waals surface area (Å²) in [5.41, 5.74) is 5.26. The van der Waals surface area contributed by atoms with Crippen LogP contribution >= 0.6 is 0 Å². The molecule has 2 atom stereocenters. The zero-order valence-electron chi connectivity index (χ0n) is 11.5. The number of nitrogens with two attached hydrogens (primary N) is 1. The maximum atomic E-state index is 11.9. The molecule has 0 heterocycles. The lowest BCUT2D eigenvalue weighted by Gasteiger charge is -2.23. The lowest BCUT2D eigenvalue weighted by molar-refractivity contribution is -0.151. The largest absolute Gasteiger partial charge is 0.464 e. The van der Waals surface area contributed by atoms with Crippen LogP contribution in [0.3, 0.4) is 0 Å². The molecule has 1 rings (SSSR count). The monoisotopic (exact) mass is 241 g/mol. The summed E-state index contributed by atoms with van der Waals surface area (Å²) >= 11 is 0. The Kier molecular flexibility index (Phi) is 5.44. The van der Waals surface area contributed by atoms with Gasteiger partial charge in [0.15, 0.2) is 0 Å². The Morgan fingerprint density at radius 2 is 2.12 bits per heavy atom. The van der Waals surface area contributed by atoms with Crippen molar-refractivity contribution in [1.29, 1.82) is 0 Å². The fourth-order valence-corrected chi connectivity index (χ4v) is 2.10. The molecule has 0 saturated heterocycles. The van der Waals surface area contributed by atoms with Gasteiger partial charge < -0.3 is 10.5 Å². The Bertz CT molecular complexity index is 247. The molecule has 0 aromatic carbocycles.